The number of hydrogen-bond donors (Lipinski definition) is 1. The topological polar surface area (TPSA) is 105 Å². The molecule has 0 bridgehead atoms. The van der Waals surface area contributed by atoms with E-state index in [1.165, 1.54) is 24.3 Å². The minimum atomic E-state index is -0.629. The number of ether oxygens (including phenoxy) is 3. The maximum absolute atomic E-state index is 12.2. The van der Waals surface area contributed by atoms with Crippen LogP contribution in [0.15, 0.2) is 24.3 Å². The molecular weight excluding hydrogens is 362 g/mol. The molecule has 1 saturated carbocycles. The van der Waals surface area contributed by atoms with Crippen molar-refractivity contribution >= 4 is 17.8 Å². The van der Waals surface area contributed by atoms with Crippen LogP contribution in [-0.2, 0) is 19.1 Å². The number of carbonyl (C=O) groups is 3. The summed E-state index contributed by atoms with van der Waals surface area (Å²) in [6, 6.07) is 6.02. The average Bonchev–Trinajstić information content (AvgIpc) is 2.64. The number of rotatable bonds is 8. The van der Waals surface area contributed by atoms with E-state index in [0.717, 1.165) is 19.3 Å². The van der Waals surface area contributed by atoms with Crippen LogP contribution in [0.3, 0.4) is 0 Å². The van der Waals surface area contributed by atoms with E-state index in [1.54, 1.807) is 0 Å². The van der Waals surface area contributed by atoms with Crippen molar-refractivity contribution in [3.63, 3.8) is 0 Å². The lowest BCUT2D eigenvalue weighted by Gasteiger charge is -2.36. The lowest BCUT2D eigenvalue weighted by molar-refractivity contribution is -0.159. The third-order valence-electron chi connectivity index (χ3n) is 5.04. The van der Waals surface area contributed by atoms with E-state index in [0.29, 0.717) is 23.5 Å². The highest BCUT2D eigenvalue weighted by molar-refractivity contribution is 5.90. The molecule has 1 aromatic carbocycles. The molecule has 3 atom stereocenters. The predicted molar refractivity (Wildman–Crippen MR) is 103 cm³/mol. The van der Waals surface area contributed by atoms with E-state index in [2.05, 4.69) is 20.8 Å². The molecule has 7 nitrogen and oxygen atoms in total. The number of amides is 1. The van der Waals surface area contributed by atoms with E-state index in [-0.39, 0.29) is 18.3 Å². The highest BCUT2D eigenvalue weighted by Gasteiger charge is 2.33. The van der Waals surface area contributed by atoms with Gasteiger partial charge >= 0.3 is 11.9 Å². The maximum Gasteiger partial charge on any atom is 0.344 e. The Balaban J connectivity index is 1.82. The normalized spacial score (nSPS) is 21.8. The molecule has 7 heteroatoms. The first-order valence-electron chi connectivity index (χ1n) is 9.64. The average molecular weight is 391 g/mol. The molecule has 1 aliphatic rings. The van der Waals surface area contributed by atoms with E-state index >= 15 is 0 Å². The summed E-state index contributed by atoms with van der Waals surface area (Å²) in [5.74, 6) is -0.0529. The molecule has 1 fully saturated rings. The first kappa shape index (κ1) is 21.7. The Bertz CT molecular complexity index is 685. The predicted octanol–water partition coefficient (Wildman–Crippen LogP) is 2.71. The quantitative estimate of drug-likeness (QED) is 0.683. The first-order chi connectivity index (χ1) is 13.3. The van der Waals surface area contributed by atoms with Gasteiger partial charge in [-0.15, -0.1) is 0 Å². The highest BCUT2D eigenvalue weighted by Crippen LogP contribution is 2.35. The number of carbonyl (C=O) groups excluding carboxylic acids is 3. The summed E-state index contributed by atoms with van der Waals surface area (Å²) in [6.07, 6.45) is 2.90. The zero-order chi connectivity index (χ0) is 20.7. The molecule has 2 rings (SSSR count). The van der Waals surface area contributed by atoms with Gasteiger partial charge in [0.05, 0.1) is 5.56 Å². The molecule has 0 radical (unpaired) electrons. The summed E-state index contributed by atoms with van der Waals surface area (Å²) in [5.41, 5.74) is 5.27. The Morgan fingerprint density at radius 1 is 1.11 bits per heavy atom. The Morgan fingerprint density at radius 3 is 2.39 bits per heavy atom. The van der Waals surface area contributed by atoms with Gasteiger partial charge in [-0.3, -0.25) is 4.79 Å². The molecule has 2 N–H and O–H groups in total. The van der Waals surface area contributed by atoms with Crippen molar-refractivity contribution in [2.24, 2.45) is 23.5 Å². The summed E-state index contributed by atoms with van der Waals surface area (Å²) < 4.78 is 15.8. The second kappa shape index (κ2) is 10.1. The van der Waals surface area contributed by atoms with Gasteiger partial charge < -0.3 is 19.9 Å². The van der Waals surface area contributed by atoms with Gasteiger partial charge in [-0.25, -0.2) is 9.59 Å². The summed E-state index contributed by atoms with van der Waals surface area (Å²) in [4.78, 5) is 35.0. The number of esters is 2. The van der Waals surface area contributed by atoms with Crippen molar-refractivity contribution in [2.45, 2.75) is 46.1 Å². The summed E-state index contributed by atoms with van der Waals surface area (Å²) in [7, 11) is 0. The van der Waals surface area contributed by atoms with E-state index in [9.17, 15) is 14.4 Å². The Labute approximate surface area is 165 Å². The van der Waals surface area contributed by atoms with Gasteiger partial charge in [0.15, 0.2) is 13.2 Å². The molecule has 1 amide bonds. The van der Waals surface area contributed by atoms with Crippen LogP contribution >= 0.6 is 0 Å². The lowest BCUT2D eigenvalue weighted by Crippen LogP contribution is -2.36. The number of nitrogens with two attached hydrogens (primary N) is 1. The maximum atomic E-state index is 12.2. The van der Waals surface area contributed by atoms with Crippen LogP contribution in [0.5, 0.6) is 5.75 Å². The summed E-state index contributed by atoms with van der Waals surface area (Å²) in [6.45, 7) is 5.77. The minimum absolute atomic E-state index is 0.128. The second-order valence-corrected chi connectivity index (χ2v) is 7.71. The number of primary amides is 1. The van der Waals surface area contributed by atoms with Crippen molar-refractivity contribution in [3.8, 4) is 5.75 Å². The molecule has 1 aliphatic carbocycles. The van der Waals surface area contributed by atoms with Gasteiger partial charge in [-0.2, -0.15) is 0 Å². The molecule has 0 heterocycles. The largest absolute Gasteiger partial charge is 0.484 e. The van der Waals surface area contributed by atoms with E-state index in [1.807, 2.05) is 0 Å². The van der Waals surface area contributed by atoms with Gasteiger partial charge in [-0.05, 0) is 54.9 Å². The fourth-order valence-corrected chi connectivity index (χ4v) is 3.50. The molecule has 1 aromatic rings. The number of hydrogen-bond acceptors (Lipinski definition) is 6. The Kier molecular flexibility index (Phi) is 7.84. The molecule has 0 aromatic heterocycles. The van der Waals surface area contributed by atoms with E-state index in [4.69, 9.17) is 19.9 Å². The molecular formula is C21H29NO6. The van der Waals surface area contributed by atoms with Crippen LogP contribution < -0.4 is 10.5 Å². The lowest BCUT2D eigenvalue weighted by atomic mass is 9.75. The van der Waals surface area contributed by atoms with Gasteiger partial charge in [0.2, 0.25) is 0 Å². The van der Waals surface area contributed by atoms with Crippen LogP contribution in [0.1, 0.15) is 50.4 Å². The molecule has 0 aliphatic heterocycles. The van der Waals surface area contributed by atoms with Crippen LogP contribution in [0, 0.1) is 17.8 Å². The number of benzene rings is 1. The summed E-state index contributed by atoms with van der Waals surface area (Å²) in [5, 5.41) is 0. The van der Waals surface area contributed by atoms with Crippen LogP contribution in [0.25, 0.3) is 0 Å². The zero-order valence-corrected chi connectivity index (χ0v) is 16.7. The standard InChI is InChI=1S/C21H29NO6/c1-13(2)17-9-4-14(3)10-18(17)28-20(24)12-27-21(25)15-5-7-16(8-6-15)26-11-19(22)23/h5-8,13-14,17-18H,4,9-12H2,1-3H3,(H2,22,23). The second-order valence-electron chi connectivity index (χ2n) is 7.71. The fraction of sp³-hybridized carbons (Fsp3) is 0.571. The van der Waals surface area contributed by atoms with Crippen molar-refractivity contribution < 1.29 is 28.6 Å². The molecule has 28 heavy (non-hydrogen) atoms. The SMILES string of the molecule is CC1CCC(C(C)C)C(OC(=O)COC(=O)c2ccc(OCC(N)=O)cc2)C1. The third kappa shape index (κ3) is 6.55. The Morgan fingerprint density at radius 2 is 1.79 bits per heavy atom. The monoisotopic (exact) mass is 391 g/mol. The Hall–Kier alpha value is -2.57. The van der Waals surface area contributed by atoms with Crippen LogP contribution in [0.4, 0.5) is 0 Å². The van der Waals surface area contributed by atoms with Crippen molar-refractivity contribution in [2.75, 3.05) is 13.2 Å². The third-order valence-corrected chi connectivity index (χ3v) is 5.04. The highest BCUT2D eigenvalue weighted by atomic mass is 16.6. The van der Waals surface area contributed by atoms with Gasteiger partial charge in [0.25, 0.3) is 5.91 Å². The fourth-order valence-electron chi connectivity index (χ4n) is 3.50. The first-order valence-corrected chi connectivity index (χ1v) is 9.64. The van der Waals surface area contributed by atoms with Crippen molar-refractivity contribution in [1.82, 2.24) is 0 Å². The van der Waals surface area contributed by atoms with Crippen LogP contribution in [0.2, 0.25) is 0 Å². The smallest absolute Gasteiger partial charge is 0.344 e. The van der Waals surface area contributed by atoms with Crippen LogP contribution in [-0.4, -0.2) is 37.2 Å². The molecule has 3 unspecified atom stereocenters. The van der Waals surface area contributed by atoms with Gasteiger partial charge in [0.1, 0.15) is 11.9 Å². The van der Waals surface area contributed by atoms with Crippen molar-refractivity contribution in [3.05, 3.63) is 29.8 Å². The zero-order valence-electron chi connectivity index (χ0n) is 16.7. The summed E-state index contributed by atoms with van der Waals surface area (Å²) >= 11 is 0. The molecule has 154 valence electrons. The molecule has 0 saturated heterocycles. The minimum Gasteiger partial charge on any atom is -0.484 e. The van der Waals surface area contributed by atoms with Gasteiger partial charge in [-0.1, -0.05) is 27.2 Å². The van der Waals surface area contributed by atoms with Gasteiger partial charge in [0, 0.05) is 0 Å². The van der Waals surface area contributed by atoms with E-state index < -0.39 is 24.5 Å². The van der Waals surface area contributed by atoms with Crippen molar-refractivity contribution in [1.29, 1.82) is 0 Å². The molecule has 0 spiro atoms.